The van der Waals surface area contributed by atoms with Crippen LogP contribution < -0.4 is 0 Å². The minimum atomic E-state index is -0.280. The zero-order valence-corrected chi connectivity index (χ0v) is 14.7. The summed E-state index contributed by atoms with van der Waals surface area (Å²) in [7, 11) is 0. The van der Waals surface area contributed by atoms with Crippen LogP contribution in [0.2, 0.25) is 0 Å². The fraction of sp³-hybridized carbons (Fsp3) is 0.700. The first-order valence-electron chi connectivity index (χ1n) is 8.54. The molecule has 0 spiro atoms. The molecule has 120 valence electrons. The van der Waals surface area contributed by atoms with Gasteiger partial charge in [-0.3, -0.25) is 0 Å². The Morgan fingerprint density at radius 2 is 2.00 bits per heavy atom. The molecule has 0 saturated carbocycles. The molecule has 0 unspecified atom stereocenters. The predicted molar refractivity (Wildman–Crippen MR) is 93.3 cm³/mol. The van der Waals surface area contributed by atoms with Crippen molar-refractivity contribution in [3.8, 4) is 0 Å². The van der Waals surface area contributed by atoms with Gasteiger partial charge in [-0.25, -0.2) is 0 Å². The van der Waals surface area contributed by atoms with Crippen molar-refractivity contribution in [1.29, 1.82) is 0 Å². The zero-order chi connectivity index (χ0) is 15.8. The van der Waals surface area contributed by atoms with Crippen molar-refractivity contribution >= 4 is 0 Å². The van der Waals surface area contributed by atoms with Crippen molar-refractivity contribution in [2.45, 2.75) is 79.2 Å². The molecule has 1 N–H and O–H groups in total. The summed E-state index contributed by atoms with van der Waals surface area (Å²) < 4.78 is 0. The quantitative estimate of drug-likeness (QED) is 0.647. The lowest BCUT2D eigenvalue weighted by molar-refractivity contribution is 0.106. The van der Waals surface area contributed by atoms with Crippen LogP contribution in [0.3, 0.4) is 0 Å². The van der Waals surface area contributed by atoms with Crippen molar-refractivity contribution in [1.82, 2.24) is 0 Å². The maximum atomic E-state index is 10.6. The van der Waals surface area contributed by atoms with E-state index >= 15 is 0 Å². The molecule has 1 rings (SSSR count). The lowest BCUT2D eigenvalue weighted by Crippen LogP contribution is -2.25. The van der Waals surface area contributed by atoms with Gasteiger partial charge >= 0.3 is 0 Å². The summed E-state index contributed by atoms with van der Waals surface area (Å²) in [5.74, 6) is 0.943. The second-order valence-electron chi connectivity index (χ2n) is 7.13. The lowest BCUT2D eigenvalue weighted by Gasteiger charge is -2.28. The highest BCUT2D eigenvalue weighted by Gasteiger charge is 2.23. The molecular weight excluding hydrogens is 256 g/mol. The molecule has 21 heavy (non-hydrogen) atoms. The van der Waals surface area contributed by atoms with Crippen LogP contribution in [0.1, 0.15) is 73.1 Å². The van der Waals surface area contributed by atoms with Gasteiger partial charge in [0, 0.05) is 0 Å². The Balaban J connectivity index is 2.74. The maximum Gasteiger partial charge on any atom is 0.0754 e. The Hall–Kier alpha value is -0.820. The van der Waals surface area contributed by atoms with Gasteiger partial charge in [0.05, 0.1) is 6.10 Å². The van der Waals surface area contributed by atoms with E-state index in [1.165, 1.54) is 23.1 Å². The predicted octanol–water partition coefficient (Wildman–Crippen LogP) is 5.81. The summed E-state index contributed by atoms with van der Waals surface area (Å²) in [5.41, 5.74) is 4.21. The summed E-state index contributed by atoms with van der Waals surface area (Å²) in [6.07, 6.45) is 13.2. The first kappa shape index (κ1) is 18.2. The fourth-order valence-electron chi connectivity index (χ4n) is 3.18. The van der Waals surface area contributed by atoms with E-state index in [2.05, 4.69) is 52.8 Å². The van der Waals surface area contributed by atoms with Gasteiger partial charge < -0.3 is 5.11 Å². The lowest BCUT2D eigenvalue weighted by atomic mass is 9.80. The third-order valence-corrected chi connectivity index (χ3v) is 4.70. The molecule has 0 radical (unpaired) electrons. The standard InChI is InChI=1S/C20H34O/c1-15(2)8-6-11-18(5)19-13-12-16(3)9-7-10-17(4)14-20(19)21/h8-9,14,18-21H,6-7,10-13H2,1-5H3/b16-9-,17-14+/t18-,19+,20-/m1/s1. The van der Waals surface area contributed by atoms with Crippen molar-refractivity contribution in [3.05, 3.63) is 34.9 Å². The largest absolute Gasteiger partial charge is 0.389 e. The van der Waals surface area contributed by atoms with Crippen LogP contribution >= 0.6 is 0 Å². The topological polar surface area (TPSA) is 20.2 Å². The summed E-state index contributed by atoms with van der Waals surface area (Å²) in [6, 6.07) is 0. The summed E-state index contributed by atoms with van der Waals surface area (Å²) >= 11 is 0. The minimum Gasteiger partial charge on any atom is -0.389 e. The molecule has 0 aromatic carbocycles. The SMILES string of the molecule is CC(C)=CCC[C@@H](C)[C@@H]1CC/C(C)=C\CC/C(C)=C/[C@H]1O. The molecule has 1 heteroatoms. The molecule has 0 amide bonds. The number of aliphatic hydroxyl groups excluding tert-OH is 1. The summed E-state index contributed by atoms with van der Waals surface area (Å²) in [5, 5.41) is 10.6. The first-order valence-corrected chi connectivity index (χ1v) is 8.54. The molecule has 1 aliphatic rings. The Morgan fingerprint density at radius 1 is 1.29 bits per heavy atom. The van der Waals surface area contributed by atoms with Gasteiger partial charge in [-0.05, 0) is 78.1 Å². The normalized spacial score (nSPS) is 30.6. The van der Waals surface area contributed by atoms with E-state index in [-0.39, 0.29) is 6.10 Å². The van der Waals surface area contributed by atoms with Crippen LogP contribution in [0.15, 0.2) is 34.9 Å². The monoisotopic (exact) mass is 290 g/mol. The van der Waals surface area contributed by atoms with Crippen LogP contribution in [0.25, 0.3) is 0 Å². The molecular formula is C20H34O. The summed E-state index contributed by atoms with van der Waals surface area (Å²) in [4.78, 5) is 0. The van der Waals surface area contributed by atoms with Crippen LogP contribution in [0.4, 0.5) is 0 Å². The molecule has 0 aromatic heterocycles. The minimum absolute atomic E-state index is 0.280. The van der Waals surface area contributed by atoms with Gasteiger partial charge in [0.2, 0.25) is 0 Å². The number of aliphatic hydroxyl groups is 1. The van der Waals surface area contributed by atoms with Crippen molar-refractivity contribution < 1.29 is 5.11 Å². The number of allylic oxidation sites excluding steroid dienone is 5. The zero-order valence-electron chi connectivity index (χ0n) is 14.7. The average Bonchev–Trinajstić information content (AvgIpc) is 2.37. The second-order valence-corrected chi connectivity index (χ2v) is 7.13. The molecule has 0 fully saturated rings. The van der Waals surface area contributed by atoms with E-state index < -0.39 is 0 Å². The van der Waals surface area contributed by atoms with E-state index in [1.807, 2.05) is 0 Å². The maximum absolute atomic E-state index is 10.6. The molecule has 0 saturated heterocycles. The Kier molecular flexibility index (Phi) is 8.03. The fourth-order valence-corrected chi connectivity index (χ4v) is 3.18. The first-order chi connectivity index (χ1) is 9.90. The van der Waals surface area contributed by atoms with E-state index in [0.29, 0.717) is 11.8 Å². The van der Waals surface area contributed by atoms with Crippen molar-refractivity contribution in [2.24, 2.45) is 11.8 Å². The van der Waals surface area contributed by atoms with Crippen LogP contribution in [-0.2, 0) is 0 Å². The molecule has 1 aliphatic carbocycles. The average molecular weight is 290 g/mol. The van der Waals surface area contributed by atoms with Gasteiger partial charge in [0.25, 0.3) is 0 Å². The van der Waals surface area contributed by atoms with E-state index in [4.69, 9.17) is 0 Å². The van der Waals surface area contributed by atoms with E-state index in [1.54, 1.807) is 0 Å². The number of rotatable bonds is 4. The Morgan fingerprint density at radius 3 is 2.67 bits per heavy atom. The van der Waals surface area contributed by atoms with Crippen molar-refractivity contribution in [3.63, 3.8) is 0 Å². The smallest absolute Gasteiger partial charge is 0.0754 e. The highest BCUT2D eigenvalue weighted by Crippen LogP contribution is 2.30. The molecule has 0 bridgehead atoms. The molecule has 3 atom stereocenters. The third kappa shape index (κ3) is 7.13. The van der Waals surface area contributed by atoms with Crippen molar-refractivity contribution in [2.75, 3.05) is 0 Å². The number of hydrogen-bond donors (Lipinski definition) is 1. The Bertz CT molecular complexity index is 396. The highest BCUT2D eigenvalue weighted by atomic mass is 16.3. The third-order valence-electron chi connectivity index (χ3n) is 4.70. The molecule has 0 aromatic rings. The summed E-state index contributed by atoms with van der Waals surface area (Å²) in [6.45, 7) is 11.0. The van der Waals surface area contributed by atoms with Gasteiger partial charge in [0.15, 0.2) is 0 Å². The molecule has 1 nitrogen and oxygen atoms in total. The van der Waals surface area contributed by atoms with Gasteiger partial charge in [-0.1, -0.05) is 41.9 Å². The Labute approximate surface area is 131 Å². The van der Waals surface area contributed by atoms with Crippen LogP contribution in [0, 0.1) is 11.8 Å². The van der Waals surface area contributed by atoms with Crippen LogP contribution in [-0.4, -0.2) is 11.2 Å². The number of hydrogen-bond acceptors (Lipinski definition) is 1. The van der Waals surface area contributed by atoms with Gasteiger partial charge in [-0.2, -0.15) is 0 Å². The van der Waals surface area contributed by atoms with Gasteiger partial charge in [0.1, 0.15) is 0 Å². The molecule has 0 aliphatic heterocycles. The van der Waals surface area contributed by atoms with Gasteiger partial charge in [-0.15, -0.1) is 0 Å². The molecule has 0 heterocycles. The van der Waals surface area contributed by atoms with E-state index in [0.717, 1.165) is 32.1 Å². The highest BCUT2D eigenvalue weighted by molar-refractivity contribution is 5.09. The van der Waals surface area contributed by atoms with E-state index in [9.17, 15) is 5.11 Å². The second kappa shape index (κ2) is 9.25. The van der Waals surface area contributed by atoms with Crippen LogP contribution in [0.5, 0.6) is 0 Å².